The molecule has 1 atom stereocenters. The molecule has 1 fully saturated rings. The van der Waals surface area contributed by atoms with Crippen molar-refractivity contribution in [2.24, 2.45) is 5.41 Å². The Bertz CT molecular complexity index is 166. The van der Waals surface area contributed by atoms with E-state index in [4.69, 9.17) is 14.6 Å². The molecule has 0 aromatic heterocycles. The standard InChI is InChI=1S/C10H20O3/c1-9(6-7-11)4-5-10(8-9,12-2)13-3/h11H,4-8H2,1-3H3. The smallest absolute Gasteiger partial charge is 0.168 e. The number of methoxy groups -OCH3 is 2. The maximum atomic E-state index is 8.93. The Kier molecular flexibility index (Phi) is 3.33. The lowest BCUT2D eigenvalue weighted by Gasteiger charge is -2.29. The zero-order valence-corrected chi connectivity index (χ0v) is 8.80. The second kappa shape index (κ2) is 3.95. The molecule has 1 aliphatic rings. The third-order valence-corrected chi connectivity index (χ3v) is 3.26. The van der Waals surface area contributed by atoms with E-state index in [0.717, 1.165) is 25.7 Å². The van der Waals surface area contributed by atoms with Crippen LogP contribution in [0.15, 0.2) is 0 Å². The van der Waals surface area contributed by atoms with Gasteiger partial charge in [0.25, 0.3) is 0 Å². The summed E-state index contributed by atoms with van der Waals surface area (Å²) in [5, 5.41) is 8.93. The van der Waals surface area contributed by atoms with Crippen LogP contribution in [0.1, 0.15) is 32.6 Å². The average Bonchev–Trinajstić information content (AvgIpc) is 2.45. The molecule has 13 heavy (non-hydrogen) atoms. The zero-order chi connectivity index (χ0) is 9.95. The van der Waals surface area contributed by atoms with Crippen molar-refractivity contribution < 1.29 is 14.6 Å². The van der Waals surface area contributed by atoms with Crippen molar-refractivity contribution in [2.75, 3.05) is 20.8 Å². The van der Waals surface area contributed by atoms with E-state index in [0.29, 0.717) is 0 Å². The monoisotopic (exact) mass is 188 g/mol. The van der Waals surface area contributed by atoms with Crippen LogP contribution in [0.25, 0.3) is 0 Å². The Morgan fingerprint density at radius 1 is 1.23 bits per heavy atom. The van der Waals surface area contributed by atoms with Crippen LogP contribution in [0, 0.1) is 5.41 Å². The third-order valence-electron chi connectivity index (χ3n) is 3.26. The van der Waals surface area contributed by atoms with Gasteiger partial charge in [-0.3, -0.25) is 0 Å². The molecule has 0 bridgehead atoms. The van der Waals surface area contributed by atoms with E-state index in [9.17, 15) is 0 Å². The molecule has 1 N–H and O–H groups in total. The van der Waals surface area contributed by atoms with Gasteiger partial charge in [-0.1, -0.05) is 6.92 Å². The summed E-state index contributed by atoms with van der Waals surface area (Å²) in [5.41, 5.74) is 0.181. The first-order chi connectivity index (χ1) is 6.10. The maximum Gasteiger partial charge on any atom is 0.168 e. The summed E-state index contributed by atoms with van der Waals surface area (Å²) in [6, 6.07) is 0. The van der Waals surface area contributed by atoms with Crippen LogP contribution >= 0.6 is 0 Å². The topological polar surface area (TPSA) is 38.7 Å². The van der Waals surface area contributed by atoms with Crippen LogP contribution in [0.5, 0.6) is 0 Å². The predicted octanol–water partition coefficient (Wildman–Crippen LogP) is 1.55. The van der Waals surface area contributed by atoms with E-state index >= 15 is 0 Å². The van der Waals surface area contributed by atoms with Crippen LogP contribution in [0.3, 0.4) is 0 Å². The van der Waals surface area contributed by atoms with Gasteiger partial charge in [0.2, 0.25) is 0 Å². The van der Waals surface area contributed by atoms with Crippen LogP contribution < -0.4 is 0 Å². The van der Waals surface area contributed by atoms with Crippen molar-refractivity contribution in [1.29, 1.82) is 0 Å². The molecule has 0 spiro atoms. The minimum absolute atomic E-state index is 0.181. The molecule has 1 rings (SSSR count). The highest BCUT2D eigenvalue weighted by Crippen LogP contribution is 2.47. The van der Waals surface area contributed by atoms with Gasteiger partial charge in [0.05, 0.1) is 0 Å². The molecule has 3 heteroatoms. The summed E-state index contributed by atoms with van der Waals surface area (Å²) >= 11 is 0. The molecule has 1 saturated carbocycles. The fourth-order valence-electron chi connectivity index (χ4n) is 2.23. The van der Waals surface area contributed by atoms with Crippen molar-refractivity contribution >= 4 is 0 Å². The summed E-state index contributed by atoms with van der Waals surface area (Å²) in [4.78, 5) is 0. The number of hydrogen-bond acceptors (Lipinski definition) is 3. The van der Waals surface area contributed by atoms with Crippen LogP contribution in [0.2, 0.25) is 0 Å². The van der Waals surface area contributed by atoms with E-state index in [-0.39, 0.29) is 12.0 Å². The predicted molar refractivity (Wildman–Crippen MR) is 50.4 cm³/mol. The second-order valence-electron chi connectivity index (χ2n) is 4.28. The largest absolute Gasteiger partial charge is 0.396 e. The highest BCUT2D eigenvalue weighted by atomic mass is 16.7. The van der Waals surface area contributed by atoms with E-state index in [1.54, 1.807) is 14.2 Å². The molecular formula is C10H20O3. The van der Waals surface area contributed by atoms with Gasteiger partial charge in [0.15, 0.2) is 5.79 Å². The minimum Gasteiger partial charge on any atom is -0.396 e. The van der Waals surface area contributed by atoms with Crippen molar-refractivity contribution in [2.45, 2.75) is 38.4 Å². The molecule has 1 unspecified atom stereocenters. The Morgan fingerprint density at radius 3 is 2.23 bits per heavy atom. The summed E-state index contributed by atoms with van der Waals surface area (Å²) < 4.78 is 10.8. The molecule has 3 nitrogen and oxygen atoms in total. The van der Waals surface area contributed by atoms with Gasteiger partial charge >= 0.3 is 0 Å². The van der Waals surface area contributed by atoms with Gasteiger partial charge in [-0.25, -0.2) is 0 Å². The van der Waals surface area contributed by atoms with Gasteiger partial charge in [-0.15, -0.1) is 0 Å². The lowest BCUT2D eigenvalue weighted by atomic mass is 9.85. The highest BCUT2D eigenvalue weighted by Gasteiger charge is 2.45. The van der Waals surface area contributed by atoms with Crippen molar-refractivity contribution in [1.82, 2.24) is 0 Å². The number of ether oxygens (including phenoxy) is 2. The molecule has 0 aliphatic heterocycles. The molecule has 0 heterocycles. The lowest BCUT2D eigenvalue weighted by Crippen LogP contribution is -2.32. The van der Waals surface area contributed by atoms with E-state index in [1.807, 2.05) is 0 Å². The van der Waals surface area contributed by atoms with Crippen molar-refractivity contribution in [3.8, 4) is 0 Å². The van der Waals surface area contributed by atoms with E-state index < -0.39 is 5.79 Å². The summed E-state index contributed by atoms with van der Waals surface area (Å²) in [5.74, 6) is -0.399. The Morgan fingerprint density at radius 2 is 1.85 bits per heavy atom. The van der Waals surface area contributed by atoms with Gasteiger partial charge in [-0.2, -0.15) is 0 Å². The van der Waals surface area contributed by atoms with Crippen LogP contribution in [0.4, 0.5) is 0 Å². The zero-order valence-electron chi connectivity index (χ0n) is 8.80. The number of aliphatic hydroxyl groups excluding tert-OH is 1. The van der Waals surface area contributed by atoms with Gasteiger partial charge in [-0.05, 0) is 18.3 Å². The maximum absolute atomic E-state index is 8.93. The molecule has 78 valence electrons. The molecule has 0 aromatic rings. The molecule has 1 aliphatic carbocycles. The van der Waals surface area contributed by atoms with Crippen LogP contribution in [-0.4, -0.2) is 31.7 Å². The van der Waals surface area contributed by atoms with Crippen molar-refractivity contribution in [3.05, 3.63) is 0 Å². The second-order valence-corrected chi connectivity index (χ2v) is 4.28. The first kappa shape index (κ1) is 11.0. The van der Waals surface area contributed by atoms with Crippen molar-refractivity contribution in [3.63, 3.8) is 0 Å². The quantitative estimate of drug-likeness (QED) is 0.680. The lowest BCUT2D eigenvalue weighted by molar-refractivity contribution is -0.205. The van der Waals surface area contributed by atoms with Gasteiger partial charge in [0.1, 0.15) is 0 Å². The van der Waals surface area contributed by atoms with Gasteiger partial charge < -0.3 is 14.6 Å². The minimum atomic E-state index is -0.399. The molecular weight excluding hydrogens is 168 g/mol. The normalized spacial score (nSPS) is 32.3. The number of rotatable bonds is 4. The fraction of sp³-hybridized carbons (Fsp3) is 1.00. The third kappa shape index (κ3) is 2.22. The van der Waals surface area contributed by atoms with Gasteiger partial charge in [0, 0.05) is 33.7 Å². The molecule has 0 amide bonds. The Labute approximate surface area is 80.0 Å². The fourth-order valence-corrected chi connectivity index (χ4v) is 2.23. The Hall–Kier alpha value is -0.120. The Balaban J connectivity index is 2.60. The van der Waals surface area contributed by atoms with Crippen LogP contribution in [-0.2, 0) is 9.47 Å². The van der Waals surface area contributed by atoms with E-state index in [2.05, 4.69) is 6.92 Å². The summed E-state index contributed by atoms with van der Waals surface area (Å²) in [6.45, 7) is 2.43. The summed E-state index contributed by atoms with van der Waals surface area (Å²) in [6.07, 6.45) is 3.71. The average molecular weight is 188 g/mol. The molecule has 0 aromatic carbocycles. The molecule has 0 radical (unpaired) electrons. The molecule has 0 saturated heterocycles. The summed E-state index contributed by atoms with van der Waals surface area (Å²) in [7, 11) is 3.38. The highest BCUT2D eigenvalue weighted by molar-refractivity contribution is 4.91. The first-order valence-electron chi connectivity index (χ1n) is 4.81. The number of aliphatic hydroxyl groups is 1. The first-order valence-corrected chi connectivity index (χ1v) is 4.81. The SMILES string of the molecule is COC1(OC)CCC(C)(CCO)C1. The number of hydrogen-bond donors (Lipinski definition) is 1. The van der Waals surface area contributed by atoms with E-state index in [1.165, 1.54) is 0 Å².